The first-order valence-corrected chi connectivity index (χ1v) is 13.9. The van der Waals surface area contributed by atoms with Gasteiger partial charge in [-0.1, -0.05) is 27.2 Å². The second kappa shape index (κ2) is 14.6. The van der Waals surface area contributed by atoms with E-state index in [0.29, 0.717) is 13.1 Å². The summed E-state index contributed by atoms with van der Waals surface area (Å²) in [6.45, 7) is 27.9. The SMILES string of the molecule is C#CC(C)(C)C.CC(C)(C)C(C)(C)O.CC(C)(C)S(=O)(=O)N1CCCCC1.COC(=O)C(C)(C)C. The van der Waals surface area contributed by atoms with Crippen molar-refractivity contribution in [3.8, 4) is 12.3 Å². The largest absolute Gasteiger partial charge is 0.469 e. The van der Waals surface area contributed by atoms with Crippen molar-refractivity contribution in [2.45, 2.75) is 127 Å². The van der Waals surface area contributed by atoms with Crippen LogP contribution in [0.5, 0.6) is 0 Å². The number of terminal acetylenes is 1. The van der Waals surface area contributed by atoms with Crippen molar-refractivity contribution in [1.82, 2.24) is 4.31 Å². The highest BCUT2D eigenvalue weighted by Gasteiger charge is 2.35. The van der Waals surface area contributed by atoms with E-state index in [1.54, 1.807) is 25.1 Å². The molecule has 0 bridgehead atoms. The van der Waals surface area contributed by atoms with Crippen LogP contribution in [0.1, 0.15) is 116 Å². The van der Waals surface area contributed by atoms with Gasteiger partial charge in [0, 0.05) is 18.5 Å². The van der Waals surface area contributed by atoms with Crippen molar-refractivity contribution in [2.24, 2.45) is 16.2 Å². The Morgan fingerprint density at radius 1 is 0.829 bits per heavy atom. The number of carbonyl (C=O) groups excluding carboxylic acids is 1. The van der Waals surface area contributed by atoms with E-state index in [1.165, 1.54) is 7.11 Å². The molecule has 0 atom stereocenters. The van der Waals surface area contributed by atoms with E-state index < -0.39 is 20.4 Å². The molecule has 6 nitrogen and oxygen atoms in total. The Balaban J connectivity index is -0.000000410. The minimum atomic E-state index is -3.07. The number of sulfonamides is 1. The van der Waals surface area contributed by atoms with Crippen LogP contribution in [0.4, 0.5) is 0 Å². The maximum absolute atomic E-state index is 11.9. The van der Waals surface area contributed by atoms with Gasteiger partial charge in [-0.2, -0.15) is 0 Å². The fraction of sp³-hybridized carbons (Fsp3) is 0.893. The predicted molar refractivity (Wildman–Crippen MR) is 150 cm³/mol. The van der Waals surface area contributed by atoms with Crippen LogP contribution in [0.2, 0.25) is 0 Å². The third-order valence-corrected chi connectivity index (χ3v) is 8.09. The maximum atomic E-state index is 11.9. The maximum Gasteiger partial charge on any atom is 0.310 e. The van der Waals surface area contributed by atoms with Crippen LogP contribution in [0, 0.1) is 28.6 Å². The number of hydrogen-bond acceptors (Lipinski definition) is 5. The lowest BCUT2D eigenvalue weighted by Gasteiger charge is -2.33. The third kappa shape index (κ3) is 17.9. The summed E-state index contributed by atoms with van der Waals surface area (Å²) in [6.07, 6.45) is 8.24. The topological polar surface area (TPSA) is 83.9 Å². The second-order valence-electron chi connectivity index (χ2n) is 13.5. The smallest absolute Gasteiger partial charge is 0.310 e. The third-order valence-electron chi connectivity index (χ3n) is 5.49. The molecule has 0 aromatic carbocycles. The fourth-order valence-corrected chi connectivity index (χ4v) is 3.31. The van der Waals surface area contributed by atoms with Crippen molar-refractivity contribution < 1.29 is 23.1 Å². The van der Waals surface area contributed by atoms with Crippen LogP contribution in [-0.2, 0) is 19.6 Å². The van der Waals surface area contributed by atoms with Crippen LogP contribution in [-0.4, -0.2) is 54.3 Å². The molecular weight excluding hydrogens is 462 g/mol. The standard InChI is InChI=1S/C9H19NO2S.C7H16O.C6H12O2.C6H10/c1-9(2,3)13(11,12)10-7-5-4-6-8-10;1-6(2,3)7(4,5)8;1-6(2,3)5(7)8-4;1-5-6(2,3)4/h4-8H2,1-3H3;8H,1-5H3;1-4H3;1H,2-4H3. The van der Waals surface area contributed by atoms with E-state index in [9.17, 15) is 18.3 Å². The molecule has 7 heteroatoms. The lowest BCUT2D eigenvalue weighted by atomic mass is 9.79. The molecule has 0 amide bonds. The van der Waals surface area contributed by atoms with Gasteiger partial charge in [-0.3, -0.25) is 4.79 Å². The molecule has 1 saturated heterocycles. The lowest BCUT2D eigenvalue weighted by Crippen LogP contribution is -2.45. The number of carbonyl (C=O) groups is 1. The monoisotopic (exact) mass is 519 g/mol. The van der Waals surface area contributed by atoms with Crippen molar-refractivity contribution in [2.75, 3.05) is 20.2 Å². The molecule has 1 aliphatic rings. The van der Waals surface area contributed by atoms with E-state index in [-0.39, 0.29) is 22.2 Å². The Bertz CT molecular complexity index is 726. The molecule has 0 spiro atoms. The van der Waals surface area contributed by atoms with Gasteiger partial charge in [0.25, 0.3) is 0 Å². The van der Waals surface area contributed by atoms with Crippen LogP contribution < -0.4 is 0 Å². The highest BCUT2D eigenvalue weighted by atomic mass is 32.2. The van der Waals surface area contributed by atoms with Gasteiger partial charge in [0.15, 0.2) is 0 Å². The van der Waals surface area contributed by atoms with Crippen LogP contribution in [0.15, 0.2) is 0 Å². The molecule has 0 radical (unpaired) electrons. The molecule has 0 saturated carbocycles. The zero-order chi connectivity index (χ0) is 29.1. The van der Waals surface area contributed by atoms with E-state index >= 15 is 0 Å². The molecular formula is C28H57NO5S. The number of ether oxygens (including phenoxy) is 1. The predicted octanol–water partition coefficient (Wildman–Crippen LogP) is 6.28. The molecule has 35 heavy (non-hydrogen) atoms. The highest BCUT2D eigenvalue weighted by molar-refractivity contribution is 7.90. The molecule has 0 aromatic heterocycles. The summed E-state index contributed by atoms with van der Waals surface area (Å²) in [5.74, 6) is 2.44. The number of methoxy groups -OCH3 is 1. The zero-order valence-electron chi connectivity index (χ0n) is 25.5. The minimum absolute atomic E-state index is 0.00694. The number of piperidine rings is 1. The fourth-order valence-electron chi connectivity index (χ4n) is 1.80. The van der Waals surface area contributed by atoms with Crippen molar-refractivity contribution in [1.29, 1.82) is 0 Å². The van der Waals surface area contributed by atoms with Crippen LogP contribution >= 0.6 is 0 Å². The van der Waals surface area contributed by atoms with Gasteiger partial charge in [0.2, 0.25) is 10.0 Å². The molecule has 0 aliphatic carbocycles. The van der Waals surface area contributed by atoms with Gasteiger partial charge >= 0.3 is 5.97 Å². The van der Waals surface area contributed by atoms with Gasteiger partial charge < -0.3 is 9.84 Å². The van der Waals surface area contributed by atoms with Crippen molar-refractivity contribution in [3.05, 3.63) is 0 Å². The molecule has 0 aromatic rings. The zero-order valence-corrected chi connectivity index (χ0v) is 26.4. The van der Waals surface area contributed by atoms with Gasteiger partial charge in [-0.05, 0) is 94.4 Å². The second-order valence-corrected chi connectivity index (χ2v) is 16.2. The Kier molecular flexibility index (Phi) is 16.0. The summed E-state index contributed by atoms with van der Waals surface area (Å²) in [7, 11) is -1.67. The van der Waals surface area contributed by atoms with E-state index in [1.807, 2.05) is 76.2 Å². The van der Waals surface area contributed by atoms with E-state index in [0.717, 1.165) is 19.3 Å². The van der Waals surface area contributed by atoms with Gasteiger partial charge in [0.05, 0.1) is 22.9 Å². The van der Waals surface area contributed by atoms with Gasteiger partial charge in [0.1, 0.15) is 0 Å². The summed E-state index contributed by atoms with van der Waals surface area (Å²) in [6, 6.07) is 0. The molecule has 1 N–H and O–H groups in total. The quantitative estimate of drug-likeness (QED) is 0.326. The van der Waals surface area contributed by atoms with Crippen molar-refractivity contribution >= 4 is 16.0 Å². The van der Waals surface area contributed by atoms with Gasteiger partial charge in [-0.15, -0.1) is 12.3 Å². The summed E-state index contributed by atoms with van der Waals surface area (Å²) >= 11 is 0. The molecule has 1 aliphatic heterocycles. The Morgan fingerprint density at radius 3 is 1.29 bits per heavy atom. The minimum Gasteiger partial charge on any atom is -0.469 e. The van der Waals surface area contributed by atoms with Crippen molar-refractivity contribution in [3.63, 3.8) is 0 Å². The van der Waals surface area contributed by atoms with Crippen LogP contribution in [0.25, 0.3) is 0 Å². The Labute approximate surface area is 218 Å². The Morgan fingerprint density at radius 2 is 1.14 bits per heavy atom. The normalized spacial score (nSPS) is 15.6. The first-order valence-electron chi connectivity index (χ1n) is 12.4. The molecule has 210 valence electrons. The van der Waals surface area contributed by atoms with Crippen LogP contribution in [0.3, 0.4) is 0 Å². The average Bonchev–Trinajstić information content (AvgIpc) is 2.65. The first-order chi connectivity index (χ1) is 15.1. The van der Waals surface area contributed by atoms with E-state index in [4.69, 9.17) is 6.42 Å². The van der Waals surface area contributed by atoms with E-state index in [2.05, 4.69) is 10.7 Å². The molecule has 1 fully saturated rings. The average molecular weight is 520 g/mol. The molecule has 0 unspecified atom stereocenters. The summed E-state index contributed by atoms with van der Waals surface area (Å²) < 4.78 is 29.3. The van der Waals surface area contributed by atoms with Gasteiger partial charge in [-0.25, -0.2) is 12.7 Å². The number of esters is 1. The molecule has 1 heterocycles. The summed E-state index contributed by atoms with van der Waals surface area (Å²) in [5, 5.41) is 9.35. The number of rotatable bonds is 1. The highest BCUT2D eigenvalue weighted by Crippen LogP contribution is 2.28. The first kappa shape index (κ1) is 38.4. The number of nitrogens with zero attached hydrogens (tertiary/aromatic N) is 1. The summed E-state index contributed by atoms with van der Waals surface area (Å²) in [4.78, 5) is 10.6. The molecule has 1 rings (SSSR count). The lowest BCUT2D eigenvalue weighted by molar-refractivity contribution is -0.149. The number of aliphatic hydroxyl groups is 1. The summed E-state index contributed by atoms with van der Waals surface area (Å²) in [5.41, 5.74) is -0.852. The Hall–Kier alpha value is -1.10. The number of hydrogen-bond donors (Lipinski definition) is 1.